The van der Waals surface area contributed by atoms with Gasteiger partial charge in [-0.25, -0.2) is 0 Å². The van der Waals surface area contributed by atoms with Crippen molar-refractivity contribution in [1.29, 1.82) is 0 Å². The molecule has 9 heteroatoms. The predicted molar refractivity (Wildman–Crippen MR) is 102 cm³/mol. The van der Waals surface area contributed by atoms with E-state index in [0.717, 1.165) is 25.0 Å². The van der Waals surface area contributed by atoms with Crippen LogP contribution in [0.5, 0.6) is 11.5 Å². The van der Waals surface area contributed by atoms with Gasteiger partial charge in [0.2, 0.25) is 0 Å². The first-order chi connectivity index (χ1) is 14.3. The van der Waals surface area contributed by atoms with Crippen molar-refractivity contribution in [2.75, 3.05) is 20.3 Å². The first-order valence-electron chi connectivity index (χ1n) is 9.56. The first-order valence-corrected chi connectivity index (χ1v) is 9.56. The number of piperidine rings is 1. The van der Waals surface area contributed by atoms with E-state index < -0.39 is 23.9 Å². The number of nitrogens with zero attached hydrogens (tertiary/aromatic N) is 2. The molecule has 1 N–H and O–H groups in total. The molecule has 1 aliphatic rings. The molecule has 2 atom stereocenters. The third kappa shape index (κ3) is 5.02. The number of likely N-dealkylation sites (tertiary alicyclic amines) is 1. The summed E-state index contributed by atoms with van der Waals surface area (Å²) in [5.74, 6) is 0.303. The molecule has 2 unspecified atom stereocenters. The van der Waals surface area contributed by atoms with Gasteiger partial charge in [-0.1, -0.05) is 0 Å². The van der Waals surface area contributed by atoms with Gasteiger partial charge in [-0.05, 0) is 49.6 Å². The Morgan fingerprint density at radius 3 is 2.67 bits per heavy atom. The Balaban J connectivity index is 1.67. The molecule has 0 radical (unpaired) electrons. The molecule has 0 spiro atoms. The summed E-state index contributed by atoms with van der Waals surface area (Å²) in [6.07, 6.45) is -0.0999. The summed E-state index contributed by atoms with van der Waals surface area (Å²) < 4.78 is 48.6. The van der Waals surface area contributed by atoms with Crippen LogP contribution >= 0.6 is 0 Å². The number of aliphatic hydroxyl groups excluding tert-OH is 1. The molecule has 2 aromatic rings. The summed E-state index contributed by atoms with van der Waals surface area (Å²) in [5, 5.41) is 10.9. The second-order valence-electron chi connectivity index (χ2n) is 7.02. The summed E-state index contributed by atoms with van der Waals surface area (Å²) in [7, 11) is 1.49. The topological polar surface area (TPSA) is 71.9 Å². The number of benzene rings is 1. The van der Waals surface area contributed by atoms with E-state index in [1.54, 1.807) is 17.2 Å². The molecule has 1 aliphatic heterocycles. The van der Waals surface area contributed by atoms with Crippen LogP contribution in [0.1, 0.15) is 36.5 Å². The fourth-order valence-electron chi connectivity index (χ4n) is 3.57. The lowest BCUT2D eigenvalue weighted by Gasteiger charge is -2.38. The molecule has 1 aromatic heterocycles. The maximum Gasteiger partial charge on any atom is 0.416 e. The van der Waals surface area contributed by atoms with Crippen LogP contribution in [-0.2, 0) is 11.0 Å². The van der Waals surface area contributed by atoms with Crippen LogP contribution in [0.15, 0.2) is 42.7 Å². The molecular weight excluding hydrogens is 401 g/mol. The quantitative estimate of drug-likeness (QED) is 0.767. The van der Waals surface area contributed by atoms with Gasteiger partial charge in [-0.15, -0.1) is 0 Å². The van der Waals surface area contributed by atoms with Crippen molar-refractivity contribution in [3.63, 3.8) is 0 Å². The summed E-state index contributed by atoms with van der Waals surface area (Å²) in [5.41, 5.74) is -0.292. The molecular formula is C21H23F3N2O4. The smallest absolute Gasteiger partial charge is 0.416 e. The highest BCUT2D eigenvalue weighted by molar-refractivity contribution is 5.78. The van der Waals surface area contributed by atoms with Gasteiger partial charge in [0.15, 0.2) is 6.61 Å². The normalized spacial score (nSPS) is 18.0. The molecule has 1 amide bonds. The van der Waals surface area contributed by atoms with Crippen molar-refractivity contribution in [3.8, 4) is 11.5 Å². The Morgan fingerprint density at radius 2 is 2.00 bits per heavy atom. The van der Waals surface area contributed by atoms with Crippen molar-refractivity contribution in [3.05, 3.63) is 53.9 Å². The van der Waals surface area contributed by atoms with Crippen LogP contribution in [0.4, 0.5) is 13.2 Å². The van der Waals surface area contributed by atoms with Crippen LogP contribution in [-0.4, -0.2) is 47.2 Å². The largest absolute Gasteiger partial charge is 0.496 e. The molecule has 1 aromatic carbocycles. The van der Waals surface area contributed by atoms with Gasteiger partial charge < -0.3 is 19.5 Å². The molecule has 1 saturated heterocycles. The highest BCUT2D eigenvalue weighted by Crippen LogP contribution is 2.33. The third-order valence-corrected chi connectivity index (χ3v) is 5.13. The van der Waals surface area contributed by atoms with Crippen LogP contribution < -0.4 is 9.47 Å². The van der Waals surface area contributed by atoms with Gasteiger partial charge in [-0.2, -0.15) is 13.2 Å². The number of ether oxygens (including phenoxy) is 2. The lowest BCUT2D eigenvalue weighted by molar-refractivity contribution is -0.140. The molecule has 30 heavy (non-hydrogen) atoms. The zero-order valence-corrected chi connectivity index (χ0v) is 16.4. The lowest BCUT2D eigenvalue weighted by Crippen LogP contribution is -2.48. The highest BCUT2D eigenvalue weighted by Gasteiger charge is 2.34. The van der Waals surface area contributed by atoms with Gasteiger partial charge in [0, 0.05) is 24.5 Å². The first kappa shape index (κ1) is 21.9. The van der Waals surface area contributed by atoms with E-state index in [1.807, 2.05) is 0 Å². The number of aromatic nitrogens is 1. The standard InChI is InChI=1S/C21H23F3N2O4/c1-29-18-9-10-25-12-16(18)20(28)17-4-2-3-11-26(17)19(27)13-30-15-7-5-14(6-8-15)21(22,23)24/h5-10,12,17,20,28H,2-4,11,13H2,1H3. The van der Waals surface area contributed by atoms with E-state index in [2.05, 4.69) is 4.98 Å². The van der Waals surface area contributed by atoms with Gasteiger partial charge >= 0.3 is 6.18 Å². The number of pyridine rings is 1. The average Bonchev–Trinajstić information content (AvgIpc) is 2.76. The Kier molecular flexibility index (Phi) is 6.81. The van der Waals surface area contributed by atoms with E-state index in [9.17, 15) is 23.1 Å². The maximum atomic E-state index is 12.8. The minimum Gasteiger partial charge on any atom is -0.496 e. The third-order valence-electron chi connectivity index (χ3n) is 5.13. The molecule has 0 saturated carbocycles. The Hall–Kier alpha value is -2.81. The number of hydrogen-bond acceptors (Lipinski definition) is 5. The number of halogens is 3. The highest BCUT2D eigenvalue weighted by atomic mass is 19.4. The van der Waals surface area contributed by atoms with Gasteiger partial charge in [0.05, 0.1) is 18.7 Å². The van der Waals surface area contributed by atoms with E-state index in [1.165, 1.54) is 25.4 Å². The van der Waals surface area contributed by atoms with Gasteiger partial charge in [-0.3, -0.25) is 9.78 Å². The van der Waals surface area contributed by atoms with Crippen molar-refractivity contribution >= 4 is 5.91 Å². The summed E-state index contributed by atoms with van der Waals surface area (Å²) in [6.45, 7) is 0.123. The van der Waals surface area contributed by atoms with E-state index in [4.69, 9.17) is 9.47 Å². The molecule has 6 nitrogen and oxygen atoms in total. The number of hydrogen-bond donors (Lipinski definition) is 1. The van der Waals surface area contributed by atoms with E-state index in [0.29, 0.717) is 24.3 Å². The SMILES string of the molecule is COc1ccncc1C(O)C1CCCCN1C(=O)COc1ccc(C(F)(F)F)cc1. The molecule has 3 rings (SSSR count). The fraction of sp³-hybridized carbons (Fsp3) is 0.429. The number of carbonyl (C=O) groups is 1. The second kappa shape index (κ2) is 9.34. The molecule has 2 heterocycles. The molecule has 1 fully saturated rings. The van der Waals surface area contributed by atoms with Crippen LogP contribution in [0.25, 0.3) is 0 Å². The number of amides is 1. The number of carbonyl (C=O) groups excluding carboxylic acids is 1. The number of aliphatic hydroxyl groups is 1. The lowest BCUT2D eigenvalue weighted by atomic mass is 9.93. The van der Waals surface area contributed by atoms with Crippen molar-refractivity contribution in [1.82, 2.24) is 9.88 Å². The Bertz CT molecular complexity index is 858. The maximum absolute atomic E-state index is 12.8. The Morgan fingerprint density at radius 1 is 1.27 bits per heavy atom. The van der Waals surface area contributed by atoms with Gasteiger partial charge in [0.1, 0.15) is 17.6 Å². The number of methoxy groups -OCH3 is 1. The summed E-state index contributed by atoms with van der Waals surface area (Å²) in [6, 6.07) is 5.34. The van der Waals surface area contributed by atoms with Gasteiger partial charge in [0.25, 0.3) is 5.91 Å². The molecule has 162 valence electrons. The van der Waals surface area contributed by atoms with E-state index in [-0.39, 0.29) is 18.3 Å². The monoisotopic (exact) mass is 424 g/mol. The molecule has 0 aliphatic carbocycles. The number of rotatable bonds is 6. The van der Waals surface area contributed by atoms with Crippen LogP contribution in [0, 0.1) is 0 Å². The zero-order valence-electron chi connectivity index (χ0n) is 16.4. The van der Waals surface area contributed by atoms with Crippen LogP contribution in [0.2, 0.25) is 0 Å². The summed E-state index contributed by atoms with van der Waals surface area (Å²) in [4.78, 5) is 18.4. The Labute approximate surface area is 172 Å². The summed E-state index contributed by atoms with van der Waals surface area (Å²) >= 11 is 0. The van der Waals surface area contributed by atoms with Crippen molar-refractivity contribution in [2.24, 2.45) is 0 Å². The fourth-order valence-corrected chi connectivity index (χ4v) is 3.57. The predicted octanol–water partition coefficient (Wildman–Crippen LogP) is 3.60. The van der Waals surface area contributed by atoms with Crippen molar-refractivity contribution < 1.29 is 32.5 Å². The second-order valence-corrected chi connectivity index (χ2v) is 7.02. The zero-order chi connectivity index (χ0) is 21.7. The average molecular weight is 424 g/mol. The molecule has 0 bridgehead atoms. The van der Waals surface area contributed by atoms with E-state index >= 15 is 0 Å². The minimum atomic E-state index is -4.43. The van der Waals surface area contributed by atoms with Crippen LogP contribution in [0.3, 0.4) is 0 Å². The van der Waals surface area contributed by atoms with Crippen molar-refractivity contribution in [2.45, 2.75) is 37.6 Å². The number of alkyl halides is 3. The minimum absolute atomic E-state index is 0.166.